The predicted octanol–water partition coefficient (Wildman–Crippen LogP) is 4.97. The van der Waals surface area contributed by atoms with E-state index in [4.69, 9.17) is 11.6 Å². The van der Waals surface area contributed by atoms with E-state index in [0.29, 0.717) is 20.8 Å². The van der Waals surface area contributed by atoms with Crippen LogP contribution in [0.1, 0.15) is 15.9 Å². The summed E-state index contributed by atoms with van der Waals surface area (Å²) in [5.74, 6) is -0.226. The number of nitrogens with zero attached hydrogens (tertiary/aromatic N) is 2. The highest BCUT2D eigenvalue weighted by atomic mass is 35.5. The third kappa shape index (κ3) is 3.31. The van der Waals surface area contributed by atoms with E-state index in [0.717, 1.165) is 16.7 Å². The molecular formula is C21H15ClN2O2S. The van der Waals surface area contributed by atoms with Crippen LogP contribution in [0, 0.1) is 6.92 Å². The van der Waals surface area contributed by atoms with Crippen molar-refractivity contribution in [2.24, 2.45) is 0 Å². The minimum atomic E-state index is -0.226. The molecule has 2 aromatic heterocycles. The molecule has 2 heterocycles. The van der Waals surface area contributed by atoms with Crippen molar-refractivity contribution in [3.8, 4) is 11.1 Å². The molecule has 0 radical (unpaired) electrons. The van der Waals surface area contributed by atoms with E-state index in [1.54, 1.807) is 24.3 Å². The number of Topliss-reactive ketones (excluding diaryl/α,β-unsaturated/α-hetero) is 1. The van der Waals surface area contributed by atoms with Crippen LogP contribution in [0.25, 0.3) is 21.3 Å². The van der Waals surface area contributed by atoms with E-state index in [9.17, 15) is 9.59 Å². The fourth-order valence-corrected chi connectivity index (χ4v) is 4.10. The molecule has 2 aromatic carbocycles. The number of hydrogen-bond acceptors (Lipinski definition) is 4. The topological polar surface area (TPSA) is 52.0 Å². The molecule has 0 atom stereocenters. The summed E-state index contributed by atoms with van der Waals surface area (Å²) in [6, 6.07) is 14.8. The van der Waals surface area contributed by atoms with Gasteiger partial charge in [0.2, 0.25) is 0 Å². The third-order valence-electron chi connectivity index (χ3n) is 4.41. The lowest BCUT2D eigenvalue weighted by atomic mass is 10.1. The van der Waals surface area contributed by atoms with Crippen molar-refractivity contribution in [3.63, 3.8) is 0 Å². The van der Waals surface area contributed by atoms with Gasteiger partial charge >= 0.3 is 0 Å². The molecule has 4 aromatic rings. The number of aryl methyl sites for hydroxylation is 1. The highest BCUT2D eigenvalue weighted by Crippen LogP contribution is 2.30. The van der Waals surface area contributed by atoms with Gasteiger partial charge in [-0.25, -0.2) is 4.98 Å². The standard InChI is InChI=1S/C21H15ClN2O2S/c1-13-6-8-14(9-7-13)16-11-27-20-19(16)21(26)24(12-23-20)10-18(25)15-4-2-3-5-17(15)22/h2-9,11-12H,10H2,1H3. The number of hydrogen-bond donors (Lipinski definition) is 0. The molecule has 0 saturated heterocycles. The van der Waals surface area contributed by atoms with Gasteiger partial charge in [0.05, 0.1) is 23.3 Å². The van der Waals surface area contributed by atoms with Crippen molar-refractivity contribution in [3.05, 3.63) is 86.7 Å². The summed E-state index contributed by atoms with van der Waals surface area (Å²) in [7, 11) is 0. The van der Waals surface area contributed by atoms with Crippen LogP contribution in [0.3, 0.4) is 0 Å². The molecule has 134 valence electrons. The maximum atomic E-state index is 13.0. The Labute approximate surface area is 164 Å². The summed E-state index contributed by atoms with van der Waals surface area (Å²) in [6.07, 6.45) is 1.43. The van der Waals surface area contributed by atoms with Crippen molar-refractivity contribution in [2.45, 2.75) is 13.5 Å². The van der Waals surface area contributed by atoms with Crippen molar-refractivity contribution >= 4 is 38.9 Å². The fraction of sp³-hybridized carbons (Fsp3) is 0.0952. The van der Waals surface area contributed by atoms with Crippen LogP contribution >= 0.6 is 22.9 Å². The van der Waals surface area contributed by atoms with Crippen LogP contribution in [0.4, 0.5) is 0 Å². The van der Waals surface area contributed by atoms with Gasteiger partial charge in [0.15, 0.2) is 5.78 Å². The number of carbonyl (C=O) groups is 1. The molecule has 0 saturated carbocycles. The van der Waals surface area contributed by atoms with Crippen LogP contribution in [0.5, 0.6) is 0 Å². The second kappa shape index (κ2) is 7.10. The van der Waals surface area contributed by atoms with E-state index >= 15 is 0 Å². The lowest BCUT2D eigenvalue weighted by Gasteiger charge is -2.07. The van der Waals surface area contributed by atoms with Crippen molar-refractivity contribution in [1.82, 2.24) is 9.55 Å². The van der Waals surface area contributed by atoms with Crippen LogP contribution in [-0.4, -0.2) is 15.3 Å². The molecule has 0 N–H and O–H groups in total. The number of benzene rings is 2. The van der Waals surface area contributed by atoms with Gasteiger partial charge in [-0.1, -0.05) is 53.6 Å². The molecule has 0 spiro atoms. The minimum absolute atomic E-state index is 0.102. The molecule has 27 heavy (non-hydrogen) atoms. The summed E-state index contributed by atoms with van der Waals surface area (Å²) < 4.78 is 1.35. The van der Waals surface area contributed by atoms with Crippen LogP contribution in [0.2, 0.25) is 5.02 Å². The van der Waals surface area contributed by atoms with Gasteiger partial charge in [-0.05, 0) is 24.6 Å². The molecule has 0 aliphatic heterocycles. The van der Waals surface area contributed by atoms with Crippen molar-refractivity contribution in [1.29, 1.82) is 0 Å². The second-order valence-electron chi connectivity index (χ2n) is 6.28. The van der Waals surface area contributed by atoms with Gasteiger partial charge in [0, 0.05) is 16.5 Å². The number of carbonyl (C=O) groups excluding carboxylic acids is 1. The zero-order valence-electron chi connectivity index (χ0n) is 14.5. The van der Waals surface area contributed by atoms with Crippen molar-refractivity contribution < 1.29 is 4.79 Å². The lowest BCUT2D eigenvalue weighted by Crippen LogP contribution is -2.24. The van der Waals surface area contributed by atoms with Gasteiger partial charge in [-0.3, -0.25) is 14.2 Å². The maximum absolute atomic E-state index is 13.0. The van der Waals surface area contributed by atoms with E-state index in [-0.39, 0.29) is 17.9 Å². The Balaban J connectivity index is 1.77. The van der Waals surface area contributed by atoms with Crippen LogP contribution in [-0.2, 0) is 6.54 Å². The van der Waals surface area contributed by atoms with Gasteiger partial charge in [-0.2, -0.15) is 0 Å². The highest BCUT2D eigenvalue weighted by molar-refractivity contribution is 7.17. The first kappa shape index (κ1) is 17.6. The quantitative estimate of drug-likeness (QED) is 0.459. The Hall–Kier alpha value is -2.76. The monoisotopic (exact) mass is 394 g/mol. The van der Waals surface area contributed by atoms with Gasteiger partial charge in [0.25, 0.3) is 5.56 Å². The Morgan fingerprint density at radius 2 is 1.89 bits per heavy atom. The number of rotatable bonds is 4. The predicted molar refractivity (Wildman–Crippen MR) is 110 cm³/mol. The lowest BCUT2D eigenvalue weighted by molar-refractivity contribution is 0.0971. The first-order valence-electron chi connectivity index (χ1n) is 8.36. The Morgan fingerprint density at radius 1 is 1.15 bits per heavy atom. The summed E-state index contributed by atoms with van der Waals surface area (Å²) in [4.78, 5) is 30.7. The Bertz CT molecular complexity index is 1210. The Kier molecular flexibility index (Phi) is 4.64. The second-order valence-corrected chi connectivity index (χ2v) is 7.54. The highest BCUT2D eigenvalue weighted by Gasteiger charge is 2.16. The first-order chi connectivity index (χ1) is 13.0. The zero-order chi connectivity index (χ0) is 19.0. The van der Waals surface area contributed by atoms with E-state index in [2.05, 4.69) is 4.98 Å². The molecule has 0 amide bonds. The van der Waals surface area contributed by atoms with E-state index in [1.165, 1.54) is 22.2 Å². The minimum Gasteiger partial charge on any atom is -0.292 e. The molecule has 0 fully saturated rings. The molecule has 0 unspecified atom stereocenters. The molecule has 6 heteroatoms. The average Bonchev–Trinajstić information content (AvgIpc) is 3.10. The van der Waals surface area contributed by atoms with Gasteiger partial charge < -0.3 is 0 Å². The Morgan fingerprint density at radius 3 is 2.63 bits per heavy atom. The summed E-state index contributed by atoms with van der Waals surface area (Å²) in [5, 5.41) is 2.85. The summed E-state index contributed by atoms with van der Waals surface area (Å²) >= 11 is 7.52. The molecule has 4 rings (SSSR count). The summed E-state index contributed by atoms with van der Waals surface area (Å²) in [6.45, 7) is 1.92. The third-order valence-corrected chi connectivity index (χ3v) is 5.63. The van der Waals surface area contributed by atoms with Gasteiger partial charge in [0.1, 0.15) is 4.83 Å². The molecule has 0 bridgehead atoms. The smallest absolute Gasteiger partial charge is 0.263 e. The number of halogens is 1. The normalized spacial score (nSPS) is 11.0. The number of thiophene rings is 1. The van der Waals surface area contributed by atoms with E-state index < -0.39 is 0 Å². The molecule has 0 aliphatic carbocycles. The van der Waals surface area contributed by atoms with Crippen molar-refractivity contribution in [2.75, 3.05) is 0 Å². The largest absolute Gasteiger partial charge is 0.292 e. The number of fused-ring (bicyclic) bond motifs is 1. The zero-order valence-corrected chi connectivity index (χ0v) is 16.1. The maximum Gasteiger partial charge on any atom is 0.263 e. The molecule has 4 nitrogen and oxygen atoms in total. The number of ketones is 1. The fourth-order valence-electron chi connectivity index (χ4n) is 2.95. The number of aromatic nitrogens is 2. The molecule has 0 aliphatic rings. The van der Waals surface area contributed by atoms with Gasteiger partial charge in [-0.15, -0.1) is 11.3 Å². The first-order valence-corrected chi connectivity index (χ1v) is 9.62. The summed E-state index contributed by atoms with van der Waals surface area (Å²) in [5.41, 5.74) is 3.12. The van der Waals surface area contributed by atoms with E-state index in [1.807, 2.05) is 36.6 Å². The SMILES string of the molecule is Cc1ccc(-c2csc3ncn(CC(=O)c4ccccc4Cl)c(=O)c23)cc1. The van der Waals surface area contributed by atoms with Crippen LogP contribution < -0.4 is 5.56 Å². The average molecular weight is 395 g/mol. The van der Waals surface area contributed by atoms with Crippen LogP contribution in [0.15, 0.2) is 65.0 Å². The molecular weight excluding hydrogens is 380 g/mol.